The number of para-hydroxylation sites is 3. The van der Waals surface area contributed by atoms with Gasteiger partial charge in [0.05, 0.1) is 33.8 Å². The summed E-state index contributed by atoms with van der Waals surface area (Å²) < 4.78 is 2.47. The van der Waals surface area contributed by atoms with Crippen molar-refractivity contribution in [3.63, 3.8) is 0 Å². The van der Waals surface area contributed by atoms with E-state index in [1.807, 2.05) is 11.8 Å². The van der Waals surface area contributed by atoms with Gasteiger partial charge in [-0.1, -0.05) is 221 Å². The van der Waals surface area contributed by atoms with Crippen LogP contribution in [-0.2, 0) is 27.1 Å². The summed E-state index contributed by atoms with van der Waals surface area (Å²) in [6.07, 6.45) is 0. The molecule has 0 radical (unpaired) electrons. The first-order valence-electron chi connectivity index (χ1n) is 29.5. The van der Waals surface area contributed by atoms with Crippen molar-refractivity contribution in [3.8, 4) is 28.2 Å². The van der Waals surface area contributed by atoms with Gasteiger partial charge in [0, 0.05) is 37.8 Å². The smallest absolute Gasteiger partial charge is 0.252 e. The lowest BCUT2D eigenvalue weighted by atomic mass is 9.32. The minimum Gasteiger partial charge on any atom is -0.311 e. The Kier molecular flexibility index (Phi) is 11.6. The molecular formula is C74H79BN4S. The van der Waals surface area contributed by atoms with Crippen LogP contribution in [0.4, 0.5) is 34.1 Å². The number of imidazole rings is 1. The first-order chi connectivity index (χ1) is 37.6. The van der Waals surface area contributed by atoms with Crippen LogP contribution in [0.25, 0.3) is 39.2 Å². The van der Waals surface area contributed by atoms with E-state index in [1.165, 1.54) is 116 Å². The molecule has 0 saturated heterocycles. The van der Waals surface area contributed by atoms with Gasteiger partial charge in [0.1, 0.15) is 5.82 Å². The van der Waals surface area contributed by atoms with Gasteiger partial charge in [-0.15, -0.1) is 0 Å². The summed E-state index contributed by atoms with van der Waals surface area (Å²) in [5.41, 5.74) is 29.1. The van der Waals surface area contributed by atoms with Crippen LogP contribution in [0.5, 0.6) is 0 Å². The first-order valence-corrected chi connectivity index (χ1v) is 30.3. The fraction of sp³-hybridized carbons (Fsp3) is 0.338. The van der Waals surface area contributed by atoms with E-state index in [9.17, 15) is 0 Å². The molecular weight excluding hydrogens is 988 g/mol. The maximum atomic E-state index is 5.56. The summed E-state index contributed by atoms with van der Waals surface area (Å²) >= 11 is 1.97. The third-order valence-electron chi connectivity index (χ3n) is 18.3. The molecule has 0 aliphatic carbocycles. The molecule has 6 heteroatoms. The third-order valence-corrected chi connectivity index (χ3v) is 19.3. The molecule has 0 amide bonds. The van der Waals surface area contributed by atoms with Gasteiger partial charge < -0.3 is 9.80 Å². The number of rotatable bonds is 5. The van der Waals surface area contributed by atoms with Gasteiger partial charge in [-0.05, 0) is 160 Å². The molecule has 4 aliphatic heterocycles. The van der Waals surface area contributed by atoms with E-state index in [0.717, 1.165) is 28.0 Å². The highest BCUT2D eigenvalue weighted by atomic mass is 32.2. The number of benzene rings is 8. The van der Waals surface area contributed by atoms with Crippen LogP contribution >= 0.6 is 11.8 Å². The van der Waals surface area contributed by atoms with E-state index >= 15 is 0 Å². The Morgan fingerprint density at radius 2 is 0.975 bits per heavy atom. The second kappa shape index (κ2) is 17.6. The van der Waals surface area contributed by atoms with Crippen LogP contribution in [0.15, 0.2) is 149 Å². The summed E-state index contributed by atoms with van der Waals surface area (Å²) in [6, 6.07) is 55.0. The number of hydrogen-bond acceptors (Lipinski definition) is 4. The molecule has 8 aromatic carbocycles. The minimum absolute atomic E-state index is 0.00632. The summed E-state index contributed by atoms with van der Waals surface area (Å²) in [6.45, 7) is 42.7. The largest absolute Gasteiger partial charge is 0.311 e. The zero-order chi connectivity index (χ0) is 56.7. The molecule has 0 unspecified atom stereocenters. The van der Waals surface area contributed by atoms with Crippen molar-refractivity contribution in [3.05, 3.63) is 184 Å². The van der Waals surface area contributed by atoms with Crippen LogP contribution < -0.4 is 26.2 Å². The van der Waals surface area contributed by atoms with Gasteiger partial charge in [-0.2, -0.15) is 0 Å². The van der Waals surface area contributed by atoms with Crippen LogP contribution in [0.2, 0.25) is 0 Å². The highest BCUT2D eigenvalue weighted by Crippen LogP contribution is 2.59. The summed E-state index contributed by atoms with van der Waals surface area (Å²) in [4.78, 5) is 13.6. The molecule has 9 aromatic rings. The number of nitrogens with zero attached hydrogens (tertiary/aromatic N) is 4. The standard InChI is InChI=1S/C74H79BN4S/c1-42(2)51-25-22-26-52(43(3)4)66(51)79-59-28-20-19-27-57(59)76-69(79)45-24-21-23-44(33-45)46-34-61-65-62(35-46)78-60-32-30-48(71(8,9)10)40-63(60)80-64-41-50(73(14,15)16)39-56(68(64)78)75(65)55-38-49(72(11,12)13)37-54-67(55)77(61)58-31-29-47(70(5,6)7)36-53(58)74(54,17)18/h19-43H,1-18H3. The second-order valence-corrected chi connectivity index (χ2v) is 30.1. The van der Waals surface area contributed by atoms with Crippen LogP contribution in [-0.4, -0.2) is 16.3 Å². The second-order valence-electron chi connectivity index (χ2n) is 29.0. The van der Waals surface area contributed by atoms with Gasteiger partial charge in [0.15, 0.2) is 0 Å². The maximum absolute atomic E-state index is 5.56. The molecule has 13 rings (SSSR count). The van der Waals surface area contributed by atoms with Gasteiger partial charge in [-0.3, -0.25) is 4.57 Å². The predicted molar refractivity (Wildman–Crippen MR) is 345 cm³/mol. The van der Waals surface area contributed by atoms with Gasteiger partial charge in [-0.25, -0.2) is 4.98 Å². The minimum atomic E-state index is -0.285. The monoisotopic (exact) mass is 1070 g/mol. The van der Waals surface area contributed by atoms with E-state index in [1.54, 1.807) is 0 Å². The molecule has 0 spiro atoms. The summed E-state index contributed by atoms with van der Waals surface area (Å²) in [5, 5.41) is 0. The van der Waals surface area contributed by atoms with Gasteiger partial charge in [0.25, 0.3) is 6.71 Å². The number of anilines is 6. The van der Waals surface area contributed by atoms with Crippen molar-refractivity contribution in [2.45, 2.75) is 173 Å². The third kappa shape index (κ3) is 7.95. The van der Waals surface area contributed by atoms with Crippen molar-refractivity contribution in [2.24, 2.45) is 0 Å². The van der Waals surface area contributed by atoms with Crippen LogP contribution in [0.1, 0.15) is 181 Å². The number of aromatic nitrogens is 2. The topological polar surface area (TPSA) is 24.3 Å². The Hall–Kier alpha value is -6.76. The zero-order valence-corrected chi connectivity index (χ0v) is 51.5. The normalized spacial score (nSPS) is 15.1. The fourth-order valence-corrected chi connectivity index (χ4v) is 14.8. The van der Waals surface area contributed by atoms with E-state index in [4.69, 9.17) is 4.98 Å². The lowest BCUT2D eigenvalue weighted by Gasteiger charge is -2.51. The van der Waals surface area contributed by atoms with Crippen molar-refractivity contribution in [2.75, 3.05) is 9.80 Å². The van der Waals surface area contributed by atoms with E-state index < -0.39 is 0 Å². The van der Waals surface area contributed by atoms with Gasteiger partial charge in [0.2, 0.25) is 0 Å². The number of fused-ring (bicyclic) bond motifs is 9. The van der Waals surface area contributed by atoms with Crippen LogP contribution in [0, 0.1) is 0 Å². The quantitative estimate of drug-likeness (QED) is 0.160. The molecule has 0 fully saturated rings. The molecule has 4 nitrogen and oxygen atoms in total. The molecule has 0 N–H and O–H groups in total. The highest BCUT2D eigenvalue weighted by Gasteiger charge is 2.51. The Bertz CT molecular complexity index is 4060. The Labute approximate surface area is 482 Å². The van der Waals surface area contributed by atoms with E-state index in [-0.39, 0.29) is 33.8 Å². The SMILES string of the molecule is CC(C)c1cccc(C(C)C)c1-n1c(-c2cccc(-c3cc4c5c(c3)N3c6ccc(C(C)(C)C)cc6C(C)(C)c6cc(C(C)(C)C)cc(c63)B5c3cc(C(C)(C)C)cc5c3N4c3ccc(C(C)(C)C)cc3S5)c2)nc2ccccc21. The van der Waals surface area contributed by atoms with Crippen molar-refractivity contribution in [1.29, 1.82) is 0 Å². The Balaban J connectivity index is 1.14. The molecule has 4 aliphatic rings. The lowest BCUT2D eigenvalue weighted by molar-refractivity contribution is 0.574. The molecule has 1 aromatic heterocycles. The fourth-order valence-electron chi connectivity index (χ4n) is 13.6. The first kappa shape index (κ1) is 52.6. The molecule has 0 atom stereocenters. The van der Waals surface area contributed by atoms with Gasteiger partial charge >= 0.3 is 0 Å². The van der Waals surface area contributed by atoms with E-state index in [0.29, 0.717) is 11.8 Å². The summed E-state index contributed by atoms with van der Waals surface area (Å²) in [5.74, 6) is 1.60. The average Bonchev–Trinajstić information content (AvgIpc) is 3.75. The summed E-state index contributed by atoms with van der Waals surface area (Å²) in [7, 11) is 0. The Morgan fingerprint density at radius 1 is 0.450 bits per heavy atom. The van der Waals surface area contributed by atoms with E-state index in [2.05, 4.69) is 279 Å². The molecule has 0 bridgehead atoms. The molecule has 0 saturated carbocycles. The Morgan fingerprint density at radius 3 is 1.60 bits per heavy atom. The average molecular weight is 1070 g/mol. The number of hydrogen-bond donors (Lipinski definition) is 0. The maximum Gasteiger partial charge on any atom is 0.252 e. The molecule has 5 heterocycles. The van der Waals surface area contributed by atoms with Crippen LogP contribution in [0.3, 0.4) is 0 Å². The molecule has 80 heavy (non-hydrogen) atoms. The van der Waals surface area contributed by atoms with Crippen molar-refractivity contribution >= 4 is 80.0 Å². The zero-order valence-electron chi connectivity index (χ0n) is 50.7. The van der Waals surface area contributed by atoms with Crippen molar-refractivity contribution < 1.29 is 0 Å². The predicted octanol–water partition coefficient (Wildman–Crippen LogP) is 19.0. The lowest BCUT2D eigenvalue weighted by Crippen LogP contribution is -2.63. The molecule has 404 valence electrons. The highest BCUT2D eigenvalue weighted by molar-refractivity contribution is 7.99. The van der Waals surface area contributed by atoms with Crippen molar-refractivity contribution in [1.82, 2.24) is 9.55 Å².